The topological polar surface area (TPSA) is 106 Å². The Labute approximate surface area is 176 Å². The van der Waals surface area contributed by atoms with Crippen molar-refractivity contribution in [3.63, 3.8) is 0 Å². The fourth-order valence-electron chi connectivity index (χ4n) is 3.95. The highest BCUT2D eigenvalue weighted by molar-refractivity contribution is 5.97. The number of methoxy groups -OCH3 is 1. The van der Waals surface area contributed by atoms with Crippen LogP contribution in [-0.4, -0.2) is 23.7 Å². The predicted octanol–water partition coefficient (Wildman–Crippen LogP) is 4.82. The second kappa shape index (κ2) is 8.26. The summed E-state index contributed by atoms with van der Waals surface area (Å²) < 4.78 is 17.8. The van der Waals surface area contributed by atoms with Crippen molar-refractivity contribution < 1.29 is 14.2 Å². The summed E-state index contributed by atoms with van der Waals surface area (Å²) in [4.78, 5) is 8.44. The van der Waals surface area contributed by atoms with Gasteiger partial charge in [0, 0.05) is 23.6 Å². The van der Waals surface area contributed by atoms with Crippen LogP contribution in [0.1, 0.15) is 50.2 Å². The third kappa shape index (κ3) is 3.79. The van der Waals surface area contributed by atoms with Gasteiger partial charge in [0.2, 0.25) is 5.95 Å². The van der Waals surface area contributed by atoms with E-state index in [2.05, 4.69) is 35.9 Å². The van der Waals surface area contributed by atoms with Gasteiger partial charge in [-0.25, -0.2) is 4.98 Å². The predicted molar refractivity (Wildman–Crippen MR) is 119 cm³/mol. The van der Waals surface area contributed by atoms with Gasteiger partial charge in [-0.15, -0.1) is 0 Å². The molecule has 1 aliphatic rings. The van der Waals surface area contributed by atoms with E-state index in [1.165, 1.54) is 18.4 Å². The molecule has 158 valence electrons. The van der Waals surface area contributed by atoms with Crippen LogP contribution in [0.3, 0.4) is 0 Å². The Bertz CT molecular complexity index is 1080. The number of ether oxygens (including phenoxy) is 3. The Morgan fingerprint density at radius 2 is 1.90 bits per heavy atom. The second-order valence-corrected chi connectivity index (χ2v) is 7.77. The minimum Gasteiger partial charge on any atom is -0.497 e. The standard InChI is InChI=1S/C23H28N4O3/c1-4-5-6-7-14-8-15(28-3)10-16(9-14)30-18-11-17-20(22(24)27-23(25)26-17)21-19(18)13(2)12-29-21/h8-11,13H,4-7,12H2,1-3H3,(H4,24,25,26,27). The quantitative estimate of drug-likeness (QED) is 0.540. The molecule has 0 amide bonds. The fourth-order valence-corrected chi connectivity index (χ4v) is 3.95. The molecular formula is C23H28N4O3. The average Bonchev–Trinajstić information content (AvgIpc) is 3.09. The van der Waals surface area contributed by atoms with E-state index < -0.39 is 0 Å². The van der Waals surface area contributed by atoms with Crippen LogP contribution in [0, 0.1) is 0 Å². The van der Waals surface area contributed by atoms with Crippen molar-refractivity contribution in [2.75, 3.05) is 25.2 Å². The summed E-state index contributed by atoms with van der Waals surface area (Å²) in [6, 6.07) is 7.89. The van der Waals surface area contributed by atoms with Gasteiger partial charge < -0.3 is 25.7 Å². The minimum absolute atomic E-state index is 0.122. The number of aromatic nitrogens is 2. The molecule has 0 aliphatic carbocycles. The lowest BCUT2D eigenvalue weighted by Gasteiger charge is -2.16. The van der Waals surface area contributed by atoms with E-state index in [1.54, 1.807) is 7.11 Å². The van der Waals surface area contributed by atoms with Gasteiger partial charge in [-0.3, -0.25) is 0 Å². The number of nitrogen functional groups attached to an aromatic ring is 2. The van der Waals surface area contributed by atoms with Gasteiger partial charge in [0.15, 0.2) is 0 Å². The van der Waals surface area contributed by atoms with Gasteiger partial charge in [-0.05, 0) is 30.5 Å². The van der Waals surface area contributed by atoms with Crippen molar-refractivity contribution in [1.82, 2.24) is 9.97 Å². The lowest BCUT2D eigenvalue weighted by atomic mass is 9.99. The molecule has 7 heteroatoms. The molecule has 1 unspecified atom stereocenters. The van der Waals surface area contributed by atoms with E-state index in [0.29, 0.717) is 34.8 Å². The van der Waals surface area contributed by atoms with E-state index in [-0.39, 0.29) is 11.9 Å². The molecule has 7 nitrogen and oxygen atoms in total. The first-order chi connectivity index (χ1) is 14.5. The summed E-state index contributed by atoms with van der Waals surface area (Å²) in [5, 5.41) is 0.682. The van der Waals surface area contributed by atoms with Gasteiger partial charge in [0.1, 0.15) is 28.8 Å². The Morgan fingerprint density at radius 1 is 1.10 bits per heavy atom. The van der Waals surface area contributed by atoms with Crippen molar-refractivity contribution in [3.8, 4) is 23.0 Å². The van der Waals surface area contributed by atoms with Crippen molar-refractivity contribution in [2.24, 2.45) is 0 Å². The zero-order chi connectivity index (χ0) is 21.3. The summed E-state index contributed by atoms with van der Waals surface area (Å²) in [7, 11) is 1.67. The zero-order valence-corrected chi connectivity index (χ0v) is 17.7. The molecule has 0 radical (unpaired) electrons. The van der Waals surface area contributed by atoms with Crippen LogP contribution in [0.25, 0.3) is 10.9 Å². The lowest BCUT2D eigenvalue weighted by Crippen LogP contribution is -2.02. The number of aryl methyl sites for hydroxylation is 1. The maximum atomic E-state index is 6.37. The molecule has 1 atom stereocenters. The Kier molecular flexibility index (Phi) is 5.53. The maximum Gasteiger partial charge on any atom is 0.222 e. The van der Waals surface area contributed by atoms with E-state index in [0.717, 1.165) is 29.9 Å². The second-order valence-electron chi connectivity index (χ2n) is 7.77. The third-order valence-corrected chi connectivity index (χ3v) is 5.43. The molecule has 0 saturated carbocycles. The van der Waals surface area contributed by atoms with Crippen LogP contribution in [0.2, 0.25) is 0 Å². The molecular weight excluding hydrogens is 380 g/mol. The first-order valence-electron chi connectivity index (χ1n) is 10.4. The molecule has 30 heavy (non-hydrogen) atoms. The van der Waals surface area contributed by atoms with Crippen molar-refractivity contribution >= 4 is 22.7 Å². The van der Waals surface area contributed by atoms with Gasteiger partial charge in [-0.2, -0.15) is 4.98 Å². The number of anilines is 2. The third-order valence-electron chi connectivity index (χ3n) is 5.43. The summed E-state index contributed by atoms with van der Waals surface area (Å²) in [5.74, 6) is 3.45. The van der Waals surface area contributed by atoms with E-state index in [1.807, 2.05) is 12.1 Å². The Balaban J connectivity index is 1.77. The highest BCUT2D eigenvalue weighted by Crippen LogP contribution is 2.48. The molecule has 4 N–H and O–H groups in total. The Hall–Kier alpha value is -3.22. The highest BCUT2D eigenvalue weighted by atomic mass is 16.5. The number of nitrogens with two attached hydrogens (primary N) is 2. The highest BCUT2D eigenvalue weighted by Gasteiger charge is 2.29. The summed E-state index contributed by atoms with van der Waals surface area (Å²) in [6.45, 7) is 4.85. The van der Waals surface area contributed by atoms with Gasteiger partial charge in [0.25, 0.3) is 0 Å². The molecule has 0 fully saturated rings. The van der Waals surface area contributed by atoms with E-state index >= 15 is 0 Å². The van der Waals surface area contributed by atoms with Crippen LogP contribution in [0.5, 0.6) is 23.0 Å². The lowest BCUT2D eigenvalue weighted by molar-refractivity contribution is 0.340. The minimum atomic E-state index is 0.122. The van der Waals surface area contributed by atoms with Crippen LogP contribution < -0.4 is 25.7 Å². The van der Waals surface area contributed by atoms with Gasteiger partial charge in [-0.1, -0.05) is 26.7 Å². The van der Waals surface area contributed by atoms with Crippen LogP contribution in [0.15, 0.2) is 24.3 Å². The van der Waals surface area contributed by atoms with Crippen LogP contribution in [-0.2, 0) is 6.42 Å². The Morgan fingerprint density at radius 3 is 2.67 bits per heavy atom. The molecule has 0 spiro atoms. The first kappa shape index (κ1) is 20.1. The number of benzene rings is 2. The van der Waals surface area contributed by atoms with Gasteiger partial charge in [0.05, 0.1) is 24.6 Å². The van der Waals surface area contributed by atoms with E-state index in [9.17, 15) is 0 Å². The number of hydrogen-bond acceptors (Lipinski definition) is 7. The van der Waals surface area contributed by atoms with E-state index in [4.69, 9.17) is 25.7 Å². The van der Waals surface area contributed by atoms with Crippen molar-refractivity contribution in [1.29, 1.82) is 0 Å². The zero-order valence-electron chi connectivity index (χ0n) is 17.7. The molecule has 1 aliphatic heterocycles. The van der Waals surface area contributed by atoms with Crippen LogP contribution >= 0.6 is 0 Å². The maximum absolute atomic E-state index is 6.37. The SMILES string of the molecule is CCCCCc1cc(OC)cc(Oc2cc3nc(N)nc(N)c3c3c2C(C)CO3)c1. The summed E-state index contributed by atoms with van der Waals surface area (Å²) in [6.07, 6.45) is 4.50. The fraction of sp³-hybridized carbons (Fsp3) is 0.391. The van der Waals surface area contributed by atoms with Crippen molar-refractivity contribution in [2.45, 2.75) is 45.4 Å². The first-order valence-corrected chi connectivity index (χ1v) is 10.4. The molecule has 0 bridgehead atoms. The molecule has 4 rings (SSSR count). The number of rotatable bonds is 7. The summed E-state index contributed by atoms with van der Waals surface area (Å²) in [5.41, 5.74) is 14.7. The molecule has 2 aromatic carbocycles. The number of nitrogens with zero attached hydrogens (tertiary/aromatic N) is 2. The molecule has 0 saturated heterocycles. The largest absolute Gasteiger partial charge is 0.497 e. The number of hydrogen-bond donors (Lipinski definition) is 2. The summed E-state index contributed by atoms with van der Waals surface area (Å²) >= 11 is 0. The van der Waals surface area contributed by atoms with Crippen LogP contribution in [0.4, 0.5) is 11.8 Å². The average molecular weight is 409 g/mol. The number of fused-ring (bicyclic) bond motifs is 3. The normalized spacial score (nSPS) is 15.1. The van der Waals surface area contributed by atoms with Gasteiger partial charge >= 0.3 is 0 Å². The molecule has 2 heterocycles. The number of unbranched alkanes of at least 4 members (excludes halogenated alkanes) is 2. The smallest absolute Gasteiger partial charge is 0.222 e. The monoisotopic (exact) mass is 408 g/mol. The molecule has 3 aromatic rings. The van der Waals surface area contributed by atoms with Crippen molar-refractivity contribution in [3.05, 3.63) is 35.4 Å². The molecule has 1 aromatic heterocycles.